The molecule has 1 saturated carbocycles. The first kappa shape index (κ1) is 17.0. The molecule has 2 atom stereocenters. The van der Waals surface area contributed by atoms with Crippen molar-refractivity contribution in [2.24, 2.45) is 17.8 Å². The molecular formula is C18H37N. The third-order valence-electron chi connectivity index (χ3n) is 4.57. The van der Waals surface area contributed by atoms with Crippen molar-refractivity contribution in [2.75, 3.05) is 6.54 Å². The third kappa shape index (κ3) is 7.97. The molecule has 1 nitrogen and oxygen atoms in total. The zero-order chi connectivity index (χ0) is 14.3. The van der Waals surface area contributed by atoms with Gasteiger partial charge in [-0.3, -0.25) is 0 Å². The van der Waals surface area contributed by atoms with Gasteiger partial charge in [-0.15, -0.1) is 0 Å². The van der Waals surface area contributed by atoms with Crippen LogP contribution >= 0.6 is 0 Å². The Morgan fingerprint density at radius 3 is 2.21 bits per heavy atom. The lowest BCUT2D eigenvalue weighted by atomic mass is 9.83. The summed E-state index contributed by atoms with van der Waals surface area (Å²) in [6.07, 6.45) is 11.6. The van der Waals surface area contributed by atoms with E-state index in [2.05, 4.69) is 39.9 Å². The van der Waals surface area contributed by atoms with Crippen LogP contribution in [0.15, 0.2) is 0 Å². The minimum Gasteiger partial charge on any atom is -0.312 e. The molecular weight excluding hydrogens is 230 g/mol. The van der Waals surface area contributed by atoms with Gasteiger partial charge in [0.05, 0.1) is 0 Å². The fourth-order valence-corrected chi connectivity index (χ4v) is 3.34. The van der Waals surface area contributed by atoms with E-state index in [-0.39, 0.29) is 5.54 Å². The summed E-state index contributed by atoms with van der Waals surface area (Å²) >= 11 is 0. The monoisotopic (exact) mass is 267 g/mol. The van der Waals surface area contributed by atoms with E-state index in [1.807, 2.05) is 0 Å². The van der Waals surface area contributed by atoms with Crippen molar-refractivity contribution >= 4 is 0 Å². The van der Waals surface area contributed by atoms with E-state index in [9.17, 15) is 0 Å². The lowest BCUT2D eigenvalue weighted by Gasteiger charge is -2.30. The average molecular weight is 268 g/mol. The van der Waals surface area contributed by atoms with Crippen molar-refractivity contribution in [3.63, 3.8) is 0 Å². The molecule has 0 aromatic carbocycles. The van der Waals surface area contributed by atoms with Crippen LogP contribution in [0.1, 0.15) is 86.0 Å². The van der Waals surface area contributed by atoms with E-state index in [0.29, 0.717) is 0 Å². The van der Waals surface area contributed by atoms with Crippen molar-refractivity contribution in [2.45, 2.75) is 91.5 Å². The largest absolute Gasteiger partial charge is 0.312 e. The quantitative estimate of drug-likeness (QED) is 0.636. The molecule has 0 aromatic heterocycles. The Labute approximate surface area is 121 Å². The highest BCUT2D eigenvalue weighted by molar-refractivity contribution is 4.79. The molecule has 1 fully saturated rings. The van der Waals surface area contributed by atoms with Crippen LogP contribution in [0.4, 0.5) is 0 Å². The van der Waals surface area contributed by atoms with E-state index in [1.165, 1.54) is 57.9 Å². The molecule has 0 spiro atoms. The highest BCUT2D eigenvalue weighted by atomic mass is 14.9. The molecule has 0 saturated heterocycles. The summed E-state index contributed by atoms with van der Waals surface area (Å²) in [5.41, 5.74) is 0.273. The second-order valence-electron chi connectivity index (χ2n) is 8.11. The topological polar surface area (TPSA) is 12.0 Å². The smallest absolute Gasteiger partial charge is 0.00966 e. The summed E-state index contributed by atoms with van der Waals surface area (Å²) in [5.74, 6) is 2.78. The second kappa shape index (κ2) is 8.29. The summed E-state index contributed by atoms with van der Waals surface area (Å²) in [4.78, 5) is 0. The SMILES string of the molecule is CC(C)CCCC1CCCCCC1CNC(C)(C)C. The molecule has 114 valence electrons. The lowest BCUT2D eigenvalue weighted by molar-refractivity contribution is 0.251. The predicted octanol–water partition coefficient (Wildman–Crippen LogP) is 5.40. The molecule has 1 N–H and O–H groups in total. The van der Waals surface area contributed by atoms with Crippen LogP contribution in [-0.2, 0) is 0 Å². The van der Waals surface area contributed by atoms with Crippen LogP contribution in [0.3, 0.4) is 0 Å². The summed E-state index contributed by atoms with van der Waals surface area (Å²) in [5, 5.41) is 3.75. The Kier molecular flexibility index (Phi) is 7.42. The first-order valence-electron chi connectivity index (χ1n) is 8.63. The average Bonchev–Trinajstić information content (AvgIpc) is 2.50. The van der Waals surface area contributed by atoms with Gasteiger partial charge in [-0.2, -0.15) is 0 Å². The van der Waals surface area contributed by atoms with Crippen molar-refractivity contribution in [3.8, 4) is 0 Å². The van der Waals surface area contributed by atoms with Crippen LogP contribution in [-0.4, -0.2) is 12.1 Å². The van der Waals surface area contributed by atoms with Gasteiger partial charge in [0.25, 0.3) is 0 Å². The maximum absolute atomic E-state index is 3.75. The van der Waals surface area contributed by atoms with Crippen LogP contribution in [0.25, 0.3) is 0 Å². The number of hydrogen-bond donors (Lipinski definition) is 1. The first-order valence-corrected chi connectivity index (χ1v) is 8.63. The molecule has 0 amide bonds. The Hall–Kier alpha value is -0.0400. The molecule has 2 unspecified atom stereocenters. The number of rotatable bonds is 6. The van der Waals surface area contributed by atoms with E-state index in [0.717, 1.165) is 17.8 Å². The summed E-state index contributed by atoms with van der Waals surface area (Å²) < 4.78 is 0. The molecule has 0 bridgehead atoms. The van der Waals surface area contributed by atoms with Gasteiger partial charge in [0, 0.05) is 5.54 Å². The standard InChI is InChI=1S/C18H37N/c1-15(2)10-9-13-16-11-7-6-8-12-17(16)14-19-18(3,4)5/h15-17,19H,6-14H2,1-5H3. The molecule has 19 heavy (non-hydrogen) atoms. The highest BCUT2D eigenvalue weighted by Crippen LogP contribution is 2.32. The highest BCUT2D eigenvalue weighted by Gasteiger charge is 2.24. The van der Waals surface area contributed by atoms with Gasteiger partial charge in [-0.05, 0) is 51.5 Å². The molecule has 0 aromatic rings. The van der Waals surface area contributed by atoms with Gasteiger partial charge in [-0.25, -0.2) is 0 Å². The summed E-state index contributed by atoms with van der Waals surface area (Å²) in [6, 6.07) is 0. The fraction of sp³-hybridized carbons (Fsp3) is 1.00. The van der Waals surface area contributed by atoms with Crippen LogP contribution in [0, 0.1) is 17.8 Å². The maximum Gasteiger partial charge on any atom is 0.00966 e. The minimum atomic E-state index is 0.273. The molecule has 1 rings (SSSR count). The minimum absolute atomic E-state index is 0.273. The van der Waals surface area contributed by atoms with E-state index in [4.69, 9.17) is 0 Å². The Morgan fingerprint density at radius 1 is 1.00 bits per heavy atom. The lowest BCUT2D eigenvalue weighted by Crippen LogP contribution is -2.40. The van der Waals surface area contributed by atoms with E-state index < -0.39 is 0 Å². The van der Waals surface area contributed by atoms with E-state index in [1.54, 1.807) is 0 Å². The first-order chi connectivity index (χ1) is 8.88. The number of nitrogens with one attached hydrogen (secondary N) is 1. The van der Waals surface area contributed by atoms with Crippen molar-refractivity contribution in [1.29, 1.82) is 0 Å². The zero-order valence-corrected chi connectivity index (χ0v) is 14.1. The second-order valence-corrected chi connectivity index (χ2v) is 8.11. The van der Waals surface area contributed by atoms with Crippen molar-refractivity contribution < 1.29 is 0 Å². The van der Waals surface area contributed by atoms with Gasteiger partial charge in [-0.1, -0.05) is 58.8 Å². The Balaban J connectivity index is 2.41. The Bertz CT molecular complexity index is 226. The Morgan fingerprint density at radius 2 is 1.63 bits per heavy atom. The van der Waals surface area contributed by atoms with Crippen molar-refractivity contribution in [3.05, 3.63) is 0 Å². The molecule has 0 heterocycles. The van der Waals surface area contributed by atoms with Gasteiger partial charge < -0.3 is 5.32 Å². The molecule has 1 aliphatic rings. The molecule has 1 heteroatoms. The van der Waals surface area contributed by atoms with Gasteiger partial charge in [0.15, 0.2) is 0 Å². The van der Waals surface area contributed by atoms with Gasteiger partial charge in [0.2, 0.25) is 0 Å². The number of hydrogen-bond acceptors (Lipinski definition) is 1. The fourth-order valence-electron chi connectivity index (χ4n) is 3.34. The predicted molar refractivity (Wildman–Crippen MR) is 86.5 cm³/mol. The maximum atomic E-state index is 3.75. The molecule has 0 radical (unpaired) electrons. The summed E-state index contributed by atoms with van der Waals surface area (Å²) in [6.45, 7) is 12.8. The van der Waals surface area contributed by atoms with Crippen LogP contribution in [0.2, 0.25) is 0 Å². The van der Waals surface area contributed by atoms with Crippen LogP contribution < -0.4 is 5.32 Å². The summed E-state index contributed by atoms with van der Waals surface area (Å²) in [7, 11) is 0. The molecule has 1 aliphatic carbocycles. The van der Waals surface area contributed by atoms with Crippen LogP contribution in [0.5, 0.6) is 0 Å². The van der Waals surface area contributed by atoms with E-state index >= 15 is 0 Å². The normalized spacial score (nSPS) is 25.6. The zero-order valence-electron chi connectivity index (χ0n) is 14.1. The van der Waals surface area contributed by atoms with Gasteiger partial charge in [0.1, 0.15) is 0 Å². The molecule has 0 aliphatic heterocycles. The van der Waals surface area contributed by atoms with Gasteiger partial charge >= 0.3 is 0 Å². The van der Waals surface area contributed by atoms with Crippen molar-refractivity contribution in [1.82, 2.24) is 5.32 Å². The third-order valence-corrected chi connectivity index (χ3v) is 4.57.